The van der Waals surface area contributed by atoms with Gasteiger partial charge in [0.15, 0.2) is 0 Å². The van der Waals surface area contributed by atoms with E-state index in [-0.39, 0.29) is 12.4 Å². The summed E-state index contributed by atoms with van der Waals surface area (Å²) in [6.45, 7) is 4.36. The van der Waals surface area contributed by atoms with Crippen LogP contribution in [0.5, 0.6) is 0 Å². The van der Waals surface area contributed by atoms with E-state index >= 15 is 0 Å². The second-order valence-corrected chi connectivity index (χ2v) is 10.2. The highest BCUT2D eigenvalue weighted by atomic mass is 35.5. The minimum atomic E-state index is -3.31. The van der Waals surface area contributed by atoms with Crippen LogP contribution >= 0.6 is 23.7 Å². The van der Waals surface area contributed by atoms with E-state index in [1.54, 1.807) is 10.4 Å². The first-order valence-corrected chi connectivity index (χ1v) is 11.3. The average Bonchev–Trinajstić information content (AvgIpc) is 3.17. The first kappa shape index (κ1) is 19.8. The molecule has 4 nitrogen and oxygen atoms in total. The molecule has 0 radical (unpaired) electrons. The zero-order valence-electron chi connectivity index (χ0n) is 14.7. The summed E-state index contributed by atoms with van der Waals surface area (Å²) in [6.07, 6.45) is 3.18. The molecule has 142 valence electrons. The van der Waals surface area contributed by atoms with Gasteiger partial charge in [0.25, 0.3) is 10.0 Å². The maximum atomic E-state index is 12.8. The van der Waals surface area contributed by atoms with Crippen molar-refractivity contribution in [1.29, 1.82) is 0 Å². The van der Waals surface area contributed by atoms with E-state index in [1.807, 2.05) is 11.4 Å². The fourth-order valence-corrected chi connectivity index (χ4v) is 6.71. The molecular weight excluding hydrogens is 388 g/mol. The summed E-state index contributed by atoms with van der Waals surface area (Å²) in [5, 5.41) is 1.83. The van der Waals surface area contributed by atoms with E-state index in [9.17, 15) is 8.42 Å². The van der Waals surface area contributed by atoms with Gasteiger partial charge in [-0.1, -0.05) is 30.3 Å². The molecule has 1 aromatic carbocycles. The second-order valence-electron chi connectivity index (χ2n) is 7.06. The van der Waals surface area contributed by atoms with Crippen LogP contribution in [-0.4, -0.2) is 43.8 Å². The van der Waals surface area contributed by atoms with E-state index < -0.39 is 10.0 Å². The van der Waals surface area contributed by atoms with Gasteiger partial charge in [-0.2, -0.15) is 4.31 Å². The summed E-state index contributed by atoms with van der Waals surface area (Å²) in [4.78, 5) is 2.49. The fourth-order valence-electron chi connectivity index (χ4n) is 4.01. The monoisotopic (exact) mass is 412 g/mol. The van der Waals surface area contributed by atoms with E-state index in [0.717, 1.165) is 38.9 Å². The maximum Gasteiger partial charge on any atom is 0.252 e. The smallest absolute Gasteiger partial charge is 0.252 e. The molecule has 1 aromatic heterocycles. The first-order chi connectivity index (χ1) is 12.1. The molecule has 2 aliphatic rings. The van der Waals surface area contributed by atoms with Gasteiger partial charge < -0.3 is 0 Å². The van der Waals surface area contributed by atoms with Gasteiger partial charge in [-0.05, 0) is 47.8 Å². The van der Waals surface area contributed by atoms with Crippen LogP contribution in [0.4, 0.5) is 0 Å². The zero-order valence-corrected chi connectivity index (χ0v) is 17.2. The van der Waals surface area contributed by atoms with Gasteiger partial charge in [0.1, 0.15) is 4.21 Å². The van der Waals surface area contributed by atoms with Crippen LogP contribution in [0.1, 0.15) is 24.0 Å². The Morgan fingerprint density at radius 2 is 1.88 bits per heavy atom. The highest BCUT2D eigenvalue weighted by Crippen LogP contribution is 2.28. The highest BCUT2D eigenvalue weighted by Gasteiger charge is 2.32. The standard InChI is InChI=1S/C19H24N2O2S2.ClH/c22-25(23,19-8-4-12-24-19)21-10-3-5-16(14-21)13-20-11-9-17-6-1-2-7-18(17)15-20;/h1-2,4,6-8,12,16H,3,5,9-11,13-15H2;1H. The van der Waals surface area contributed by atoms with E-state index in [4.69, 9.17) is 0 Å². The molecule has 0 saturated carbocycles. The molecule has 1 saturated heterocycles. The summed E-state index contributed by atoms with van der Waals surface area (Å²) >= 11 is 1.31. The lowest BCUT2D eigenvalue weighted by molar-refractivity contribution is 0.167. The SMILES string of the molecule is Cl.O=S(=O)(c1cccs1)N1CCCC(CN2CCc3ccccc3C2)C1. The van der Waals surface area contributed by atoms with Crippen molar-refractivity contribution >= 4 is 33.8 Å². The van der Waals surface area contributed by atoms with Crippen LogP contribution in [-0.2, 0) is 23.0 Å². The molecule has 0 bridgehead atoms. The number of nitrogens with zero attached hydrogens (tertiary/aromatic N) is 2. The lowest BCUT2D eigenvalue weighted by Crippen LogP contribution is -2.44. The van der Waals surface area contributed by atoms with Gasteiger partial charge in [0.05, 0.1) is 0 Å². The van der Waals surface area contributed by atoms with E-state index in [1.165, 1.54) is 22.5 Å². The Balaban J connectivity index is 0.00000196. The van der Waals surface area contributed by atoms with Crippen molar-refractivity contribution < 1.29 is 8.42 Å². The molecule has 7 heteroatoms. The Kier molecular flexibility index (Phi) is 6.41. The van der Waals surface area contributed by atoms with Gasteiger partial charge in [0, 0.05) is 32.7 Å². The zero-order chi connectivity index (χ0) is 17.3. The second kappa shape index (κ2) is 8.40. The number of thiophene rings is 1. The molecule has 2 aliphatic heterocycles. The van der Waals surface area contributed by atoms with Crippen LogP contribution < -0.4 is 0 Å². The van der Waals surface area contributed by atoms with Crippen LogP contribution in [0.15, 0.2) is 46.0 Å². The van der Waals surface area contributed by atoms with Crippen molar-refractivity contribution in [2.45, 2.75) is 30.0 Å². The third-order valence-corrected chi connectivity index (χ3v) is 8.54. The summed E-state index contributed by atoms with van der Waals surface area (Å²) in [7, 11) is -3.31. The molecule has 0 spiro atoms. The van der Waals surface area contributed by atoms with Crippen molar-refractivity contribution in [3.63, 3.8) is 0 Å². The number of rotatable bonds is 4. The Hall–Kier alpha value is -0.920. The number of sulfonamides is 1. The van der Waals surface area contributed by atoms with Crippen molar-refractivity contribution in [3.05, 3.63) is 52.9 Å². The molecule has 1 unspecified atom stereocenters. The molecule has 3 heterocycles. The summed E-state index contributed by atoms with van der Waals surface area (Å²) in [5.74, 6) is 0.425. The topological polar surface area (TPSA) is 40.6 Å². The fraction of sp³-hybridized carbons (Fsp3) is 0.474. The maximum absolute atomic E-state index is 12.8. The third kappa shape index (κ3) is 4.15. The number of halogens is 1. The molecule has 0 amide bonds. The van der Waals surface area contributed by atoms with E-state index in [0.29, 0.717) is 23.2 Å². The molecule has 2 aromatic rings. The van der Waals surface area contributed by atoms with Crippen molar-refractivity contribution in [2.24, 2.45) is 5.92 Å². The molecule has 26 heavy (non-hydrogen) atoms. The van der Waals surface area contributed by atoms with Crippen LogP contribution in [0.2, 0.25) is 0 Å². The molecule has 4 rings (SSSR count). The number of hydrogen-bond donors (Lipinski definition) is 0. The van der Waals surface area contributed by atoms with Crippen molar-refractivity contribution in [1.82, 2.24) is 9.21 Å². The predicted octanol–water partition coefficient (Wildman–Crippen LogP) is 3.63. The van der Waals surface area contributed by atoms with Gasteiger partial charge in [-0.15, -0.1) is 23.7 Å². The third-order valence-electron chi connectivity index (χ3n) is 5.30. The predicted molar refractivity (Wildman–Crippen MR) is 108 cm³/mol. The molecular formula is C19H25ClN2O2S2. The Labute approximate surface area is 166 Å². The first-order valence-electron chi connectivity index (χ1n) is 8.96. The normalized spacial score (nSPS) is 21.8. The summed E-state index contributed by atoms with van der Waals surface area (Å²) < 4.78 is 27.7. The van der Waals surface area contributed by atoms with Crippen LogP contribution in [0.3, 0.4) is 0 Å². The molecule has 0 aliphatic carbocycles. The minimum Gasteiger partial charge on any atom is -0.298 e. The Bertz CT molecular complexity index is 824. The average molecular weight is 413 g/mol. The minimum absolute atomic E-state index is 0. The number of hydrogen-bond acceptors (Lipinski definition) is 4. The number of fused-ring (bicyclic) bond motifs is 1. The molecule has 1 atom stereocenters. The van der Waals surface area contributed by atoms with Gasteiger partial charge >= 0.3 is 0 Å². The molecule has 0 N–H and O–H groups in total. The quantitative estimate of drug-likeness (QED) is 0.769. The lowest BCUT2D eigenvalue weighted by Gasteiger charge is -2.36. The summed E-state index contributed by atoms with van der Waals surface area (Å²) in [5.41, 5.74) is 2.89. The number of benzene rings is 1. The van der Waals surface area contributed by atoms with Gasteiger partial charge in [-0.3, -0.25) is 4.90 Å². The Morgan fingerprint density at radius 3 is 2.65 bits per heavy atom. The van der Waals surface area contributed by atoms with E-state index in [2.05, 4.69) is 29.2 Å². The number of piperidine rings is 1. The van der Waals surface area contributed by atoms with Gasteiger partial charge in [-0.25, -0.2) is 8.42 Å². The lowest BCUT2D eigenvalue weighted by atomic mass is 9.95. The molecule has 1 fully saturated rings. The van der Waals surface area contributed by atoms with Crippen molar-refractivity contribution in [2.75, 3.05) is 26.2 Å². The van der Waals surface area contributed by atoms with Crippen LogP contribution in [0, 0.1) is 5.92 Å². The van der Waals surface area contributed by atoms with Crippen LogP contribution in [0.25, 0.3) is 0 Å². The Morgan fingerprint density at radius 1 is 1.08 bits per heavy atom. The summed E-state index contributed by atoms with van der Waals surface area (Å²) in [6, 6.07) is 12.2. The van der Waals surface area contributed by atoms with Crippen molar-refractivity contribution in [3.8, 4) is 0 Å². The largest absolute Gasteiger partial charge is 0.298 e. The highest BCUT2D eigenvalue weighted by molar-refractivity contribution is 7.91. The van der Waals surface area contributed by atoms with Gasteiger partial charge in [0.2, 0.25) is 0 Å².